The number of nitrogen functional groups attached to an aromatic ring is 1. The highest BCUT2D eigenvalue weighted by atomic mass is 31.2. The van der Waals surface area contributed by atoms with Crippen LogP contribution in [0.5, 0.6) is 0 Å². The van der Waals surface area contributed by atoms with E-state index in [9.17, 15) is 29.6 Å². The van der Waals surface area contributed by atoms with Crippen molar-refractivity contribution >= 4 is 30.8 Å². The number of hydrogen-bond donors (Lipinski definition) is 4. The first-order valence-electron chi connectivity index (χ1n) is 9.16. The minimum absolute atomic E-state index is 0.0631. The smallest absolute Gasteiger partial charge is 0.268 e. The van der Waals surface area contributed by atoms with Crippen molar-refractivity contribution in [3.05, 3.63) is 12.7 Å². The van der Waals surface area contributed by atoms with Crippen LogP contribution in [0.3, 0.4) is 0 Å². The quantitative estimate of drug-likeness (QED) is 0.245. The van der Waals surface area contributed by atoms with Crippen LogP contribution in [0.25, 0.3) is 11.2 Å². The lowest BCUT2D eigenvalue weighted by atomic mass is 10.1. The number of fused-ring (bicyclic) bond motifs is 1. The molecule has 0 spiro atoms. The van der Waals surface area contributed by atoms with E-state index in [2.05, 4.69) is 25.2 Å². The van der Waals surface area contributed by atoms with Crippen LogP contribution in [0.1, 0.15) is 19.1 Å². The van der Waals surface area contributed by atoms with E-state index in [0.29, 0.717) is 0 Å². The maximum Gasteiger partial charge on any atom is 0.268 e. The Labute approximate surface area is 175 Å². The molecule has 2 aromatic rings. The number of quaternary nitrogens is 1. The summed E-state index contributed by atoms with van der Waals surface area (Å²) in [4.78, 5) is 34.2. The Kier molecular flexibility index (Phi) is 7.18. The number of carbonyl (C=O) groups is 1. The molecule has 0 bridgehead atoms. The van der Waals surface area contributed by atoms with E-state index in [4.69, 9.17) is 15.0 Å². The average molecular weight is 461 g/mol. The zero-order valence-electron chi connectivity index (χ0n) is 16.1. The molecule has 16 heteroatoms. The molecule has 7 N–H and O–H groups in total. The lowest BCUT2D eigenvalue weighted by Gasteiger charge is -2.25. The molecular formula is C15H22N6O9P-. The highest BCUT2D eigenvalue weighted by Gasteiger charge is 2.44. The summed E-state index contributed by atoms with van der Waals surface area (Å²) < 4.78 is 28.2. The number of aromatic nitrogens is 4. The summed E-state index contributed by atoms with van der Waals surface area (Å²) in [6.07, 6.45) is -3.01. The molecule has 6 atom stereocenters. The van der Waals surface area contributed by atoms with Crippen LogP contribution in [-0.4, -0.2) is 73.3 Å². The lowest BCUT2D eigenvalue weighted by Crippen LogP contribution is -2.63. The standard InChI is InChI=1S/C15H23N6O9P/c16-7(1-2-9(22)23)3-28-31(26,27)29-4-8-11(24)12(25)15(30-8)21-6-20-10-13(17)18-5-19-14(10)21/h5-8,11-12,15,24-25H,1-4,16H2,(H,22,23)(H,26,27)(H2,17,18,19)/p-1/t7-,8+,11+,12+,15+/m0/s1. The number of nitrogens with two attached hydrogens (primary N) is 1. The Hall–Kier alpha value is -2.23. The second-order valence-electron chi connectivity index (χ2n) is 6.94. The number of anilines is 1. The Morgan fingerprint density at radius 3 is 2.81 bits per heavy atom. The van der Waals surface area contributed by atoms with E-state index in [1.54, 1.807) is 0 Å². The van der Waals surface area contributed by atoms with Crippen LogP contribution in [0, 0.1) is 0 Å². The van der Waals surface area contributed by atoms with Crippen LogP contribution < -0.4 is 21.5 Å². The van der Waals surface area contributed by atoms with Crippen molar-refractivity contribution in [2.24, 2.45) is 0 Å². The predicted molar refractivity (Wildman–Crippen MR) is 96.1 cm³/mol. The van der Waals surface area contributed by atoms with Gasteiger partial charge in [0.2, 0.25) is 0 Å². The first-order valence-corrected chi connectivity index (χ1v) is 10.6. The van der Waals surface area contributed by atoms with Gasteiger partial charge in [0, 0.05) is 12.4 Å². The molecule has 15 nitrogen and oxygen atoms in total. The molecule has 31 heavy (non-hydrogen) atoms. The largest absolute Gasteiger partial charge is 0.756 e. The SMILES string of the molecule is Nc1ncnc2c1ncn2[C@@H]1O[C@H](COP(=O)([O-])OC[C@@H]([NH3+])CCC(=O)[O-])[C@@H](O)[C@H]1O. The molecule has 3 rings (SSSR count). The van der Waals surface area contributed by atoms with Crippen LogP contribution in [-0.2, 0) is 23.1 Å². The number of carboxylic acid groups (broad SMARTS) is 1. The van der Waals surface area contributed by atoms with Gasteiger partial charge in [-0.15, -0.1) is 0 Å². The van der Waals surface area contributed by atoms with E-state index in [-0.39, 0.29) is 29.8 Å². The molecule has 1 aliphatic heterocycles. The van der Waals surface area contributed by atoms with Crippen molar-refractivity contribution in [2.45, 2.75) is 43.4 Å². The minimum Gasteiger partial charge on any atom is -0.756 e. The Balaban J connectivity index is 1.58. The van der Waals surface area contributed by atoms with Gasteiger partial charge in [0.1, 0.15) is 42.8 Å². The van der Waals surface area contributed by atoms with Gasteiger partial charge in [-0.05, 0) is 6.42 Å². The molecule has 0 saturated carbocycles. The van der Waals surface area contributed by atoms with Gasteiger partial charge < -0.3 is 50.3 Å². The fourth-order valence-electron chi connectivity index (χ4n) is 2.96. The summed E-state index contributed by atoms with van der Waals surface area (Å²) >= 11 is 0. The topological polar surface area (TPSA) is 246 Å². The zero-order chi connectivity index (χ0) is 22.8. The highest BCUT2D eigenvalue weighted by molar-refractivity contribution is 7.45. The molecule has 1 unspecified atom stereocenters. The normalized spacial score (nSPS) is 26.7. The van der Waals surface area contributed by atoms with Gasteiger partial charge >= 0.3 is 0 Å². The molecule has 0 aromatic carbocycles. The number of carboxylic acids is 1. The van der Waals surface area contributed by atoms with Crippen molar-refractivity contribution in [3.63, 3.8) is 0 Å². The summed E-state index contributed by atoms with van der Waals surface area (Å²) in [5.41, 5.74) is 9.83. The van der Waals surface area contributed by atoms with Gasteiger partial charge in [0.05, 0.1) is 12.9 Å². The summed E-state index contributed by atoms with van der Waals surface area (Å²) in [6, 6.07) is -0.618. The van der Waals surface area contributed by atoms with Crippen LogP contribution in [0.2, 0.25) is 0 Å². The van der Waals surface area contributed by atoms with Crippen molar-refractivity contribution in [1.82, 2.24) is 19.5 Å². The Morgan fingerprint density at radius 2 is 2.10 bits per heavy atom. The summed E-state index contributed by atoms with van der Waals surface area (Å²) in [6.45, 7) is -1.03. The van der Waals surface area contributed by atoms with Crippen LogP contribution >= 0.6 is 7.82 Å². The van der Waals surface area contributed by atoms with Crippen molar-refractivity contribution < 1.29 is 49.1 Å². The third-order valence-electron chi connectivity index (χ3n) is 4.62. The zero-order valence-corrected chi connectivity index (χ0v) is 17.0. The third-order valence-corrected chi connectivity index (χ3v) is 5.55. The van der Waals surface area contributed by atoms with Gasteiger partial charge in [-0.25, -0.2) is 15.0 Å². The first-order chi connectivity index (χ1) is 14.6. The Bertz CT molecular complexity index is 974. The summed E-state index contributed by atoms with van der Waals surface area (Å²) in [5.74, 6) is -1.17. The van der Waals surface area contributed by atoms with Gasteiger partial charge in [-0.3, -0.25) is 9.13 Å². The van der Waals surface area contributed by atoms with E-state index in [0.717, 1.165) is 0 Å². The molecule has 0 radical (unpaired) electrons. The van der Waals surface area contributed by atoms with E-state index in [1.807, 2.05) is 0 Å². The molecule has 1 aliphatic rings. The number of rotatable bonds is 10. The molecule has 172 valence electrons. The molecule has 0 amide bonds. The van der Waals surface area contributed by atoms with Gasteiger partial charge in [-0.2, -0.15) is 0 Å². The Morgan fingerprint density at radius 1 is 1.35 bits per heavy atom. The van der Waals surface area contributed by atoms with E-state index in [1.165, 1.54) is 17.2 Å². The van der Waals surface area contributed by atoms with Crippen molar-refractivity contribution in [3.8, 4) is 0 Å². The number of hydrogen-bond acceptors (Lipinski definition) is 13. The number of aliphatic hydroxyl groups is 2. The van der Waals surface area contributed by atoms with Gasteiger partial charge in [0.25, 0.3) is 7.82 Å². The monoisotopic (exact) mass is 461 g/mol. The number of carbonyl (C=O) groups excluding carboxylic acids is 1. The van der Waals surface area contributed by atoms with Gasteiger partial charge in [0.15, 0.2) is 17.7 Å². The number of ether oxygens (including phenoxy) is 1. The van der Waals surface area contributed by atoms with E-state index < -0.39 is 57.6 Å². The third kappa shape index (κ3) is 5.53. The van der Waals surface area contributed by atoms with Crippen LogP contribution in [0.4, 0.5) is 5.82 Å². The molecule has 3 heterocycles. The molecule has 1 saturated heterocycles. The second kappa shape index (κ2) is 9.50. The maximum absolute atomic E-state index is 11.9. The average Bonchev–Trinajstić information content (AvgIpc) is 3.26. The number of aliphatic carboxylic acids is 1. The summed E-state index contributed by atoms with van der Waals surface area (Å²) in [5, 5.41) is 31.0. The van der Waals surface area contributed by atoms with E-state index >= 15 is 0 Å². The number of nitrogens with zero attached hydrogens (tertiary/aromatic N) is 4. The second-order valence-corrected chi connectivity index (χ2v) is 8.36. The fourth-order valence-corrected chi connectivity index (χ4v) is 3.75. The molecule has 0 aliphatic carbocycles. The lowest BCUT2D eigenvalue weighted by molar-refractivity contribution is -0.427. The highest BCUT2D eigenvalue weighted by Crippen LogP contribution is 2.40. The first kappa shape index (κ1) is 23.4. The number of aliphatic hydroxyl groups excluding tert-OH is 2. The number of phosphoric acid groups is 1. The van der Waals surface area contributed by atoms with Gasteiger partial charge in [-0.1, -0.05) is 0 Å². The number of imidazole rings is 1. The molecule has 2 aromatic heterocycles. The fraction of sp³-hybridized carbons (Fsp3) is 0.600. The molecule has 1 fully saturated rings. The van der Waals surface area contributed by atoms with Crippen molar-refractivity contribution in [2.75, 3.05) is 18.9 Å². The predicted octanol–water partition coefficient (Wildman–Crippen LogP) is -4.33. The summed E-state index contributed by atoms with van der Waals surface area (Å²) in [7, 11) is -4.80. The number of phosphoric ester groups is 1. The van der Waals surface area contributed by atoms with Crippen molar-refractivity contribution in [1.29, 1.82) is 0 Å². The minimum atomic E-state index is -4.80. The molecular weight excluding hydrogens is 439 g/mol. The maximum atomic E-state index is 11.9. The van der Waals surface area contributed by atoms with Crippen LogP contribution in [0.15, 0.2) is 12.7 Å².